The number of benzene rings is 5. The first-order valence-electron chi connectivity index (χ1n) is 11.3. The Labute approximate surface area is 188 Å². The van der Waals surface area contributed by atoms with Crippen LogP contribution in [-0.4, -0.2) is 0 Å². The summed E-state index contributed by atoms with van der Waals surface area (Å²) in [4.78, 5) is 0. The van der Waals surface area contributed by atoms with E-state index in [0.717, 1.165) is 6.42 Å². The number of fused-ring (bicyclic) bond motifs is 10. The van der Waals surface area contributed by atoms with Gasteiger partial charge in [0, 0.05) is 0 Å². The smallest absolute Gasteiger partial charge is 0.0622 e. The molecule has 5 aromatic rings. The van der Waals surface area contributed by atoms with Gasteiger partial charge in [0.05, 0.1) is 5.41 Å². The zero-order valence-corrected chi connectivity index (χ0v) is 17.8. The van der Waals surface area contributed by atoms with Crippen molar-refractivity contribution in [3.63, 3.8) is 0 Å². The van der Waals surface area contributed by atoms with E-state index < -0.39 is 0 Å². The van der Waals surface area contributed by atoms with E-state index in [9.17, 15) is 0 Å². The summed E-state index contributed by atoms with van der Waals surface area (Å²) in [6.07, 6.45) is 0.942. The van der Waals surface area contributed by atoms with Crippen LogP contribution in [0.25, 0.3) is 22.3 Å². The molecule has 2 aliphatic rings. The van der Waals surface area contributed by atoms with Gasteiger partial charge in [-0.15, -0.1) is 0 Å². The topological polar surface area (TPSA) is 0 Å². The van der Waals surface area contributed by atoms with E-state index >= 15 is 0 Å². The zero-order chi connectivity index (χ0) is 21.1. The van der Waals surface area contributed by atoms with Gasteiger partial charge in [-0.1, -0.05) is 121 Å². The lowest BCUT2D eigenvalue weighted by Crippen LogP contribution is -2.25. The van der Waals surface area contributed by atoms with Gasteiger partial charge in [0.15, 0.2) is 0 Å². The third-order valence-corrected chi connectivity index (χ3v) is 7.34. The largest absolute Gasteiger partial charge is 0.0725 e. The molecule has 0 nitrogen and oxygen atoms in total. The Bertz CT molecular complexity index is 1440. The highest BCUT2D eigenvalue weighted by atomic mass is 14.5. The Hall–Kier alpha value is -3.90. The lowest BCUT2D eigenvalue weighted by atomic mass is 9.70. The van der Waals surface area contributed by atoms with Crippen molar-refractivity contribution in [3.05, 3.63) is 155 Å². The summed E-state index contributed by atoms with van der Waals surface area (Å²) in [7, 11) is 0. The molecule has 0 heteroatoms. The SMILES string of the molecule is c1ccc(Cc2cccc3c2-c2ccccc2C32c3ccccc3-c3ccccc32)cc1. The molecule has 150 valence electrons. The average molecular weight is 407 g/mol. The van der Waals surface area contributed by atoms with E-state index in [2.05, 4.69) is 121 Å². The van der Waals surface area contributed by atoms with Crippen LogP contribution in [0.3, 0.4) is 0 Å². The van der Waals surface area contributed by atoms with Crippen molar-refractivity contribution >= 4 is 0 Å². The predicted octanol–water partition coefficient (Wildman–Crippen LogP) is 7.62. The van der Waals surface area contributed by atoms with E-state index in [1.54, 1.807) is 0 Å². The lowest BCUT2D eigenvalue weighted by molar-refractivity contribution is 0.793. The van der Waals surface area contributed by atoms with Crippen molar-refractivity contribution in [2.45, 2.75) is 11.8 Å². The van der Waals surface area contributed by atoms with Crippen LogP contribution in [0, 0.1) is 0 Å². The van der Waals surface area contributed by atoms with Crippen LogP contribution in [-0.2, 0) is 11.8 Å². The number of rotatable bonds is 2. The van der Waals surface area contributed by atoms with Crippen molar-refractivity contribution in [2.24, 2.45) is 0 Å². The summed E-state index contributed by atoms with van der Waals surface area (Å²) < 4.78 is 0. The van der Waals surface area contributed by atoms with Gasteiger partial charge in [-0.3, -0.25) is 0 Å². The van der Waals surface area contributed by atoms with Crippen molar-refractivity contribution in [1.82, 2.24) is 0 Å². The van der Waals surface area contributed by atoms with Gasteiger partial charge in [-0.2, -0.15) is 0 Å². The van der Waals surface area contributed by atoms with E-state index in [1.165, 1.54) is 55.6 Å². The maximum Gasteiger partial charge on any atom is 0.0725 e. The van der Waals surface area contributed by atoms with Gasteiger partial charge < -0.3 is 0 Å². The predicted molar refractivity (Wildman–Crippen MR) is 132 cm³/mol. The lowest BCUT2D eigenvalue weighted by Gasteiger charge is -2.30. The number of hydrogen-bond acceptors (Lipinski definition) is 0. The summed E-state index contributed by atoms with van der Waals surface area (Å²) in [6, 6.07) is 44.8. The normalized spacial score (nSPS) is 14.0. The summed E-state index contributed by atoms with van der Waals surface area (Å²) in [5.41, 5.74) is 13.7. The molecule has 1 spiro atoms. The van der Waals surface area contributed by atoms with E-state index in [0.29, 0.717) is 0 Å². The molecule has 0 amide bonds. The van der Waals surface area contributed by atoms with Gasteiger partial charge in [-0.05, 0) is 62.1 Å². The van der Waals surface area contributed by atoms with Crippen LogP contribution in [0.15, 0.2) is 121 Å². The maximum absolute atomic E-state index is 2.36. The molecule has 32 heavy (non-hydrogen) atoms. The summed E-state index contributed by atoms with van der Waals surface area (Å²) >= 11 is 0. The molecule has 0 fully saturated rings. The Kier molecular flexibility index (Phi) is 3.63. The fraction of sp³-hybridized carbons (Fsp3) is 0.0625. The van der Waals surface area contributed by atoms with Crippen molar-refractivity contribution in [3.8, 4) is 22.3 Å². The quantitative estimate of drug-likeness (QED) is 0.277. The third-order valence-electron chi connectivity index (χ3n) is 7.34. The monoisotopic (exact) mass is 406 g/mol. The zero-order valence-electron chi connectivity index (χ0n) is 17.8. The molecule has 0 N–H and O–H groups in total. The molecular weight excluding hydrogens is 384 g/mol. The second-order valence-corrected chi connectivity index (χ2v) is 8.89. The minimum absolute atomic E-state index is 0.244. The first kappa shape index (κ1) is 17.7. The van der Waals surface area contributed by atoms with Crippen molar-refractivity contribution in [2.75, 3.05) is 0 Å². The third kappa shape index (κ3) is 2.17. The van der Waals surface area contributed by atoms with Crippen LogP contribution in [0.2, 0.25) is 0 Å². The molecule has 2 aliphatic carbocycles. The van der Waals surface area contributed by atoms with Crippen LogP contribution < -0.4 is 0 Å². The molecule has 0 saturated heterocycles. The van der Waals surface area contributed by atoms with Crippen LogP contribution in [0.4, 0.5) is 0 Å². The van der Waals surface area contributed by atoms with Crippen LogP contribution in [0.5, 0.6) is 0 Å². The minimum atomic E-state index is -0.244. The number of hydrogen-bond donors (Lipinski definition) is 0. The Morgan fingerprint density at radius 2 is 0.906 bits per heavy atom. The Balaban J connectivity index is 1.59. The second-order valence-electron chi connectivity index (χ2n) is 8.89. The highest BCUT2D eigenvalue weighted by Gasteiger charge is 2.51. The van der Waals surface area contributed by atoms with Gasteiger partial charge in [0.2, 0.25) is 0 Å². The molecule has 0 unspecified atom stereocenters. The fourth-order valence-corrected chi connectivity index (χ4v) is 6.18. The van der Waals surface area contributed by atoms with Crippen molar-refractivity contribution in [1.29, 1.82) is 0 Å². The molecule has 0 saturated carbocycles. The average Bonchev–Trinajstić information content (AvgIpc) is 3.33. The van der Waals surface area contributed by atoms with Crippen molar-refractivity contribution < 1.29 is 0 Å². The minimum Gasteiger partial charge on any atom is -0.0622 e. The molecule has 5 aromatic carbocycles. The van der Waals surface area contributed by atoms with Gasteiger partial charge >= 0.3 is 0 Å². The standard InChI is InChI=1S/C32H22/c1-2-11-22(12-3-1)21-23-13-10-20-30-31(23)26-16-6-9-19-29(26)32(30)27-17-7-4-14-24(27)25-15-5-8-18-28(25)32/h1-20H,21H2. The van der Waals surface area contributed by atoms with Crippen LogP contribution in [0.1, 0.15) is 33.4 Å². The summed E-state index contributed by atoms with van der Waals surface area (Å²) in [5.74, 6) is 0. The van der Waals surface area contributed by atoms with Gasteiger partial charge in [-0.25, -0.2) is 0 Å². The highest BCUT2D eigenvalue weighted by Crippen LogP contribution is 2.63. The Morgan fingerprint density at radius 1 is 0.406 bits per heavy atom. The van der Waals surface area contributed by atoms with E-state index in [4.69, 9.17) is 0 Å². The van der Waals surface area contributed by atoms with E-state index in [1.807, 2.05) is 0 Å². The Morgan fingerprint density at radius 3 is 1.56 bits per heavy atom. The molecular formula is C32H22. The first-order chi connectivity index (χ1) is 15.9. The van der Waals surface area contributed by atoms with Gasteiger partial charge in [0.1, 0.15) is 0 Å². The second kappa shape index (κ2) is 6.55. The van der Waals surface area contributed by atoms with E-state index in [-0.39, 0.29) is 5.41 Å². The molecule has 0 aromatic heterocycles. The fourth-order valence-electron chi connectivity index (χ4n) is 6.18. The maximum atomic E-state index is 2.36. The molecule has 0 atom stereocenters. The molecule has 0 heterocycles. The first-order valence-corrected chi connectivity index (χ1v) is 11.3. The van der Waals surface area contributed by atoms with Crippen LogP contribution >= 0.6 is 0 Å². The molecule has 0 radical (unpaired) electrons. The highest BCUT2D eigenvalue weighted by molar-refractivity contribution is 5.95. The molecule has 7 rings (SSSR count). The van der Waals surface area contributed by atoms with Gasteiger partial charge in [0.25, 0.3) is 0 Å². The molecule has 0 bridgehead atoms. The summed E-state index contributed by atoms with van der Waals surface area (Å²) in [6.45, 7) is 0. The molecule has 0 aliphatic heterocycles. The summed E-state index contributed by atoms with van der Waals surface area (Å²) in [5, 5.41) is 0.